The lowest BCUT2D eigenvalue weighted by atomic mass is 9.89. The number of hydrogen-bond donors (Lipinski definition) is 2. The van der Waals surface area contributed by atoms with Crippen molar-refractivity contribution in [3.8, 4) is 11.8 Å². The second-order valence-electron chi connectivity index (χ2n) is 9.75. The topological polar surface area (TPSA) is 76.0 Å². The van der Waals surface area contributed by atoms with Gasteiger partial charge in [0.15, 0.2) is 6.29 Å². The van der Waals surface area contributed by atoms with Crippen molar-refractivity contribution >= 4 is 5.97 Å². The standard InChI is InChI=1S/C27H40O5/c1-3-4-9-19(2)25(32-27-12-7-8-15-31-27)14-13-22-23-17-20(10-5-6-11-26(29)30)16-21(23)18-24(22)28/h10,13-14,19,21-25,27-28H,5-9,11-12,15-18H2,1-2H3,(H,29,30)/b14-13+,20-10+/t19?,21-,22+,23-,24+,25+,27?/m0/s1. The summed E-state index contributed by atoms with van der Waals surface area (Å²) in [6.07, 6.45) is 14.7. The first-order valence-electron chi connectivity index (χ1n) is 12.4. The Labute approximate surface area is 193 Å². The maximum atomic E-state index is 10.7. The zero-order chi connectivity index (χ0) is 22.9. The van der Waals surface area contributed by atoms with Crippen LogP contribution in [0.25, 0.3) is 0 Å². The Balaban J connectivity index is 1.62. The molecule has 32 heavy (non-hydrogen) atoms. The van der Waals surface area contributed by atoms with E-state index in [1.165, 1.54) is 5.57 Å². The fourth-order valence-electron chi connectivity index (χ4n) is 5.48. The Morgan fingerprint density at radius 1 is 1.34 bits per heavy atom. The molecule has 3 rings (SSSR count). The lowest BCUT2D eigenvalue weighted by Gasteiger charge is -2.29. The average Bonchev–Trinajstić information content (AvgIpc) is 3.29. The van der Waals surface area contributed by atoms with E-state index >= 15 is 0 Å². The van der Waals surface area contributed by atoms with Crippen molar-refractivity contribution in [3.63, 3.8) is 0 Å². The van der Waals surface area contributed by atoms with Gasteiger partial charge in [-0.2, -0.15) is 0 Å². The number of carboxylic acid groups (broad SMARTS) is 1. The van der Waals surface area contributed by atoms with E-state index in [-0.39, 0.29) is 36.8 Å². The molecule has 5 heteroatoms. The SMILES string of the molecule is CC#CCC(C)[C@@H](/C=C/[C@@H]1[C@H]2C/C(=C/CCCC(=O)O)C[C@H]2C[C@H]1O)OC1CCCCO1. The third kappa shape index (κ3) is 7.20. The molecule has 1 saturated heterocycles. The van der Waals surface area contributed by atoms with Gasteiger partial charge >= 0.3 is 5.97 Å². The highest BCUT2D eigenvalue weighted by molar-refractivity contribution is 5.66. The zero-order valence-corrected chi connectivity index (χ0v) is 19.7. The summed E-state index contributed by atoms with van der Waals surface area (Å²) in [7, 11) is 0. The van der Waals surface area contributed by atoms with Crippen LogP contribution in [0.5, 0.6) is 0 Å². The molecule has 0 spiro atoms. The molecule has 1 heterocycles. The highest BCUT2D eigenvalue weighted by Gasteiger charge is 2.45. The van der Waals surface area contributed by atoms with Crippen LogP contribution in [0, 0.1) is 35.5 Å². The number of allylic oxidation sites excluding steroid dienone is 2. The van der Waals surface area contributed by atoms with E-state index in [9.17, 15) is 9.90 Å². The summed E-state index contributed by atoms with van der Waals surface area (Å²) in [5.74, 6) is 6.82. The Hall–Kier alpha value is -1.61. The van der Waals surface area contributed by atoms with Gasteiger partial charge in [0.2, 0.25) is 0 Å². The van der Waals surface area contributed by atoms with Crippen molar-refractivity contribution in [2.45, 2.75) is 96.6 Å². The van der Waals surface area contributed by atoms with Gasteiger partial charge in [0.05, 0.1) is 12.2 Å². The molecular formula is C27H40O5. The zero-order valence-electron chi connectivity index (χ0n) is 19.7. The monoisotopic (exact) mass is 444 g/mol. The van der Waals surface area contributed by atoms with Crippen LogP contribution in [-0.4, -0.2) is 41.3 Å². The molecule has 5 nitrogen and oxygen atoms in total. The summed E-state index contributed by atoms with van der Waals surface area (Å²) in [6.45, 7) is 4.80. The van der Waals surface area contributed by atoms with Gasteiger partial charge in [-0.3, -0.25) is 4.79 Å². The van der Waals surface area contributed by atoms with E-state index < -0.39 is 5.97 Å². The minimum atomic E-state index is -0.727. The maximum absolute atomic E-state index is 10.7. The number of carboxylic acids is 1. The fourth-order valence-corrected chi connectivity index (χ4v) is 5.48. The van der Waals surface area contributed by atoms with Gasteiger partial charge in [0, 0.05) is 25.4 Å². The van der Waals surface area contributed by atoms with Gasteiger partial charge in [0.25, 0.3) is 0 Å². The Morgan fingerprint density at radius 3 is 2.91 bits per heavy atom. The normalized spacial score (nSPS) is 33.1. The van der Waals surface area contributed by atoms with Crippen LogP contribution in [0.15, 0.2) is 23.8 Å². The molecule has 0 aromatic carbocycles. The van der Waals surface area contributed by atoms with E-state index in [0.717, 1.165) is 58.0 Å². The number of unbranched alkanes of at least 4 members (excludes halogenated alkanes) is 1. The Kier molecular flexibility index (Phi) is 9.84. The van der Waals surface area contributed by atoms with Crippen molar-refractivity contribution in [1.82, 2.24) is 0 Å². The van der Waals surface area contributed by atoms with Crippen LogP contribution >= 0.6 is 0 Å². The molecule has 3 fully saturated rings. The van der Waals surface area contributed by atoms with Crippen molar-refractivity contribution in [3.05, 3.63) is 23.8 Å². The molecule has 3 aliphatic rings. The number of ether oxygens (including phenoxy) is 2. The van der Waals surface area contributed by atoms with Crippen LogP contribution < -0.4 is 0 Å². The molecule has 1 aliphatic heterocycles. The maximum Gasteiger partial charge on any atom is 0.303 e. The third-order valence-electron chi connectivity index (χ3n) is 7.27. The van der Waals surface area contributed by atoms with Gasteiger partial charge in [0.1, 0.15) is 0 Å². The van der Waals surface area contributed by atoms with Gasteiger partial charge in [-0.25, -0.2) is 0 Å². The average molecular weight is 445 g/mol. The second-order valence-corrected chi connectivity index (χ2v) is 9.75. The molecule has 0 bridgehead atoms. The van der Waals surface area contributed by atoms with Crippen molar-refractivity contribution in [2.75, 3.05) is 6.61 Å². The highest BCUT2D eigenvalue weighted by Crippen LogP contribution is 2.50. The minimum Gasteiger partial charge on any atom is -0.481 e. The smallest absolute Gasteiger partial charge is 0.303 e. The molecule has 2 N–H and O–H groups in total. The minimum absolute atomic E-state index is 0.0716. The van der Waals surface area contributed by atoms with E-state index in [2.05, 4.69) is 37.0 Å². The van der Waals surface area contributed by atoms with E-state index in [0.29, 0.717) is 18.3 Å². The molecule has 0 radical (unpaired) electrons. The number of aliphatic hydroxyl groups is 1. The van der Waals surface area contributed by atoms with Crippen LogP contribution in [0.1, 0.15) is 78.1 Å². The van der Waals surface area contributed by atoms with Crippen LogP contribution in [0.2, 0.25) is 0 Å². The Bertz CT molecular complexity index is 724. The number of aliphatic carboxylic acids is 1. The predicted molar refractivity (Wildman–Crippen MR) is 125 cm³/mol. The first kappa shape index (κ1) is 25.0. The summed E-state index contributed by atoms with van der Waals surface area (Å²) < 4.78 is 12.2. The molecular weight excluding hydrogens is 404 g/mol. The lowest BCUT2D eigenvalue weighted by Crippen LogP contribution is -2.31. The van der Waals surface area contributed by atoms with Crippen molar-refractivity contribution in [2.24, 2.45) is 23.7 Å². The number of aliphatic hydroxyl groups excluding tert-OH is 1. The molecule has 0 aromatic rings. The molecule has 178 valence electrons. The van der Waals surface area contributed by atoms with Crippen LogP contribution in [0.4, 0.5) is 0 Å². The van der Waals surface area contributed by atoms with Crippen molar-refractivity contribution < 1.29 is 24.5 Å². The molecule has 2 saturated carbocycles. The predicted octanol–water partition coefficient (Wildman–Crippen LogP) is 5.09. The van der Waals surface area contributed by atoms with Crippen LogP contribution in [-0.2, 0) is 14.3 Å². The number of hydrogen-bond acceptors (Lipinski definition) is 4. The summed E-state index contributed by atoms with van der Waals surface area (Å²) in [5, 5.41) is 19.6. The number of carbonyl (C=O) groups is 1. The van der Waals surface area contributed by atoms with E-state index in [1.807, 2.05) is 6.92 Å². The fraction of sp³-hybridized carbons (Fsp3) is 0.741. The molecule has 7 atom stereocenters. The van der Waals surface area contributed by atoms with Gasteiger partial charge in [-0.05, 0) is 76.0 Å². The number of fused-ring (bicyclic) bond motifs is 1. The van der Waals surface area contributed by atoms with Crippen LogP contribution in [0.3, 0.4) is 0 Å². The van der Waals surface area contributed by atoms with Crippen molar-refractivity contribution in [1.29, 1.82) is 0 Å². The third-order valence-corrected chi connectivity index (χ3v) is 7.27. The number of rotatable bonds is 10. The lowest BCUT2D eigenvalue weighted by molar-refractivity contribution is -0.186. The van der Waals surface area contributed by atoms with E-state index in [1.54, 1.807) is 0 Å². The molecule has 2 unspecified atom stereocenters. The first-order chi connectivity index (χ1) is 15.5. The first-order valence-corrected chi connectivity index (χ1v) is 12.4. The quantitative estimate of drug-likeness (QED) is 0.279. The summed E-state index contributed by atoms with van der Waals surface area (Å²) in [6, 6.07) is 0. The summed E-state index contributed by atoms with van der Waals surface area (Å²) in [4.78, 5) is 10.7. The van der Waals surface area contributed by atoms with Gasteiger partial charge in [-0.1, -0.05) is 30.7 Å². The largest absolute Gasteiger partial charge is 0.481 e. The Morgan fingerprint density at radius 2 is 2.19 bits per heavy atom. The second kappa shape index (κ2) is 12.6. The summed E-state index contributed by atoms with van der Waals surface area (Å²) >= 11 is 0. The van der Waals surface area contributed by atoms with Gasteiger partial charge < -0.3 is 19.7 Å². The molecule has 2 aliphatic carbocycles. The summed E-state index contributed by atoms with van der Waals surface area (Å²) in [5.41, 5.74) is 1.44. The van der Waals surface area contributed by atoms with E-state index in [4.69, 9.17) is 14.6 Å². The highest BCUT2D eigenvalue weighted by atomic mass is 16.7. The van der Waals surface area contributed by atoms with Gasteiger partial charge in [-0.15, -0.1) is 11.8 Å². The molecule has 0 amide bonds. The molecule has 0 aromatic heterocycles.